The van der Waals surface area contributed by atoms with Gasteiger partial charge in [0.2, 0.25) is 0 Å². The number of hydrogen-bond donors (Lipinski definition) is 1. The first-order valence-corrected chi connectivity index (χ1v) is 10.7. The van der Waals surface area contributed by atoms with Gasteiger partial charge in [-0.2, -0.15) is 0 Å². The standard InChI is InChI=1S/C23H24ClN3O4/c1-2-31-19-7-4-3-6-18(19)20(28)26-13-5-12-23(15-26)21(29)27(22(30)25-23)14-16-8-10-17(24)11-9-16/h3-4,6-11H,2,5,12-15H2,1H3,(H,25,30)/t23-/m0/s1. The summed E-state index contributed by atoms with van der Waals surface area (Å²) in [5, 5.41) is 3.45. The van der Waals surface area contributed by atoms with Crippen LogP contribution in [0.3, 0.4) is 0 Å². The van der Waals surface area contributed by atoms with Gasteiger partial charge in [-0.15, -0.1) is 0 Å². The topological polar surface area (TPSA) is 79.0 Å². The fourth-order valence-corrected chi connectivity index (χ4v) is 4.32. The molecule has 1 N–H and O–H groups in total. The summed E-state index contributed by atoms with van der Waals surface area (Å²) < 4.78 is 5.59. The Labute approximate surface area is 185 Å². The van der Waals surface area contributed by atoms with Crippen LogP contribution in [0.25, 0.3) is 0 Å². The van der Waals surface area contributed by atoms with E-state index in [0.29, 0.717) is 42.3 Å². The van der Waals surface area contributed by atoms with E-state index in [2.05, 4.69) is 5.32 Å². The third-order valence-electron chi connectivity index (χ3n) is 5.70. The molecule has 4 rings (SSSR count). The number of likely N-dealkylation sites (tertiary alicyclic amines) is 1. The number of amides is 4. The average molecular weight is 442 g/mol. The fraction of sp³-hybridized carbons (Fsp3) is 0.348. The Morgan fingerprint density at radius 2 is 1.90 bits per heavy atom. The van der Waals surface area contributed by atoms with Crippen molar-refractivity contribution in [2.45, 2.75) is 31.8 Å². The highest BCUT2D eigenvalue weighted by Crippen LogP contribution is 2.31. The molecule has 0 saturated carbocycles. The zero-order chi connectivity index (χ0) is 22.0. The van der Waals surface area contributed by atoms with Crippen molar-refractivity contribution in [3.05, 3.63) is 64.7 Å². The van der Waals surface area contributed by atoms with Gasteiger partial charge < -0.3 is 15.0 Å². The number of hydrogen-bond acceptors (Lipinski definition) is 4. The number of piperidine rings is 1. The molecule has 0 aliphatic carbocycles. The number of carbonyl (C=O) groups is 3. The highest BCUT2D eigenvalue weighted by molar-refractivity contribution is 6.30. The number of halogens is 1. The first-order valence-electron chi connectivity index (χ1n) is 10.3. The van der Waals surface area contributed by atoms with Crippen LogP contribution in [0.15, 0.2) is 48.5 Å². The Balaban J connectivity index is 1.53. The van der Waals surface area contributed by atoms with E-state index < -0.39 is 11.6 Å². The van der Waals surface area contributed by atoms with Gasteiger partial charge in [0.25, 0.3) is 11.8 Å². The molecule has 4 amide bonds. The van der Waals surface area contributed by atoms with Gasteiger partial charge in [-0.3, -0.25) is 14.5 Å². The van der Waals surface area contributed by atoms with Crippen LogP contribution in [-0.2, 0) is 11.3 Å². The second-order valence-corrected chi connectivity index (χ2v) is 8.23. The number of carbonyl (C=O) groups excluding carboxylic acids is 3. The Morgan fingerprint density at radius 1 is 1.16 bits per heavy atom. The molecule has 2 aromatic carbocycles. The number of nitrogens with one attached hydrogen (secondary N) is 1. The highest BCUT2D eigenvalue weighted by atomic mass is 35.5. The molecule has 2 aliphatic heterocycles. The molecule has 1 atom stereocenters. The summed E-state index contributed by atoms with van der Waals surface area (Å²) in [7, 11) is 0. The number of nitrogens with zero attached hydrogens (tertiary/aromatic N) is 2. The molecule has 0 aromatic heterocycles. The van der Waals surface area contributed by atoms with Crippen LogP contribution in [0.5, 0.6) is 5.75 Å². The minimum absolute atomic E-state index is 0.133. The van der Waals surface area contributed by atoms with Crippen molar-refractivity contribution in [2.75, 3.05) is 19.7 Å². The van der Waals surface area contributed by atoms with Crippen LogP contribution in [0.2, 0.25) is 5.02 Å². The van der Waals surface area contributed by atoms with E-state index in [1.807, 2.05) is 13.0 Å². The van der Waals surface area contributed by atoms with E-state index in [1.54, 1.807) is 47.4 Å². The van der Waals surface area contributed by atoms with E-state index in [4.69, 9.17) is 16.3 Å². The Bertz CT molecular complexity index is 1010. The van der Waals surface area contributed by atoms with Gasteiger partial charge in [0, 0.05) is 11.6 Å². The lowest BCUT2D eigenvalue weighted by Crippen LogP contribution is -2.59. The number of para-hydroxylation sites is 1. The second-order valence-electron chi connectivity index (χ2n) is 7.79. The van der Waals surface area contributed by atoms with E-state index in [1.165, 1.54) is 4.90 Å². The van der Waals surface area contributed by atoms with Crippen molar-refractivity contribution in [1.82, 2.24) is 15.1 Å². The van der Waals surface area contributed by atoms with E-state index >= 15 is 0 Å². The summed E-state index contributed by atoms with van der Waals surface area (Å²) in [6, 6.07) is 13.7. The quantitative estimate of drug-likeness (QED) is 0.720. The van der Waals surface area contributed by atoms with Crippen LogP contribution in [0.1, 0.15) is 35.7 Å². The predicted molar refractivity (Wildman–Crippen MR) is 116 cm³/mol. The van der Waals surface area contributed by atoms with E-state index in [-0.39, 0.29) is 24.9 Å². The first-order chi connectivity index (χ1) is 14.9. The molecule has 1 spiro atoms. The van der Waals surface area contributed by atoms with E-state index in [0.717, 1.165) is 5.56 Å². The van der Waals surface area contributed by atoms with Crippen LogP contribution < -0.4 is 10.1 Å². The van der Waals surface area contributed by atoms with Crippen molar-refractivity contribution in [1.29, 1.82) is 0 Å². The molecule has 31 heavy (non-hydrogen) atoms. The van der Waals surface area contributed by atoms with Crippen molar-refractivity contribution in [2.24, 2.45) is 0 Å². The molecule has 2 aromatic rings. The summed E-state index contributed by atoms with van der Waals surface area (Å²) in [6.45, 7) is 3.11. The second kappa shape index (κ2) is 8.59. The molecule has 0 unspecified atom stereocenters. The van der Waals surface area contributed by atoms with Crippen LogP contribution >= 0.6 is 11.6 Å². The van der Waals surface area contributed by atoms with Gasteiger partial charge in [0.15, 0.2) is 0 Å². The first kappa shape index (κ1) is 21.2. The van der Waals surface area contributed by atoms with Gasteiger partial charge in [-0.25, -0.2) is 4.79 Å². The molecule has 2 heterocycles. The molecule has 162 valence electrons. The molecule has 7 nitrogen and oxygen atoms in total. The summed E-state index contributed by atoms with van der Waals surface area (Å²) in [6.07, 6.45) is 1.11. The zero-order valence-electron chi connectivity index (χ0n) is 17.3. The van der Waals surface area contributed by atoms with Gasteiger partial charge >= 0.3 is 6.03 Å². The molecule has 2 fully saturated rings. The van der Waals surface area contributed by atoms with E-state index in [9.17, 15) is 14.4 Å². The van der Waals surface area contributed by atoms with Crippen molar-refractivity contribution < 1.29 is 19.1 Å². The molecular formula is C23H24ClN3O4. The third kappa shape index (κ3) is 4.10. The van der Waals surface area contributed by atoms with Crippen molar-refractivity contribution >= 4 is 29.4 Å². The number of benzene rings is 2. The largest absolute Gasteiger partial charge is 0.493 e. The maximum absolute atomic E-state index is 13.3. The smallest absolute Gasteiger partial charge is 0.325 e. The van der Waals surface area contributed by atoms with Gasteiger partial charge in [-0.05, 0) is 49.6 Å². The molecule has 2 aliphatic rings. The monoisotopic (exact) mass is 441 g/mol. The van der Waals surface area contributed by atoms with Crippen molar-refractivity contribution in [3.63, 3.8) is 0 Å². The van der Waals surface area contributed by atoms with Crippen LogP contribution in [0, 0.1) is 0 Å². The summed E-state index contributed by atoms with van der Waals surface area (Å²) in [4.78, 5) is 42.0. The van der Waals surface area contributed by atoms with Crippen molar-refractivity contribution in [3.8, 4) is 5.75 Å². The highest BCUT2D eigenvalue weighted by Gasteiger charge is 2.53. The lowest BCUT2D eigenvalue weighted by Gasteiger charge is -2.38. The lowest BCUT2D eigenvalue weighted by atomic mass is 9.88. The Morgan fingerprint density at radius 3 is 2.65 bits per heavy atom. The van der Waals surface area contributed by atoms with Crippen LogP contribution in [-0.4, -0.2) is 52.9 Å². The Kier molecular flexibility index (Phi) is 5.87. The van der Waals surface area contributed by atoms with Gasteiger partial charge in [-0.1, -0.05) is 35.9 Å². The van der Waals surface area contributed by atoms with Crippen LogP contribution in [0.4, 0.5) is 4.79 Å². The lowest BCUT2D eigenvalue weighted by molar-refractivity contribution is -0.133. The summed E-state index contributed by atoms with van der Waals surface area (Å²) in [5.74, 6) is 0.00476. The average Bonchev–Trinajstić information content (AvgIpc) is 2.99. The SMILES string of the molecule is CCOc1ccccc1C(=O)N1CCC[C@@]2(C1)NC(=O)N(Cc1ccc(Cl)cc1)C2=O. The number of rotatable bonds is 5. The molecule has 8 heteroatoms. The maximum Gasteiger partial charge on any atom is 0.325 e. The summed E-state index contributed by atoms with van der Waals surface area (Å²) >= 11 is 5.92. The number of urea groups is 1. The Hall–Kier alpha value is -3.06. The number of ether oxygens (including phenoxy) is 1. The molecule has 0 radical (unpaired) electrons. The normalized spacial score (nSPS) is 20.8. The molecule has 0 bridgehead atoms. The zero-order valence-corrected chi connectivity index (χ0v) is 18.0. The predicted octanol–water partition coefficient (Wildman–Crippen LogP) is 3.47. The van der Waals surface area contributed by atoms with Gasteiger partial charge in [0.05, 0.1) is 25.3 Å². The van der Waals surface area contributed by atoms with Gasteiger partial charge in [0.1, 0.15) is 11.3 Å². The fourth-order valence-electron chi connectivity index (χ4n) is 4.19. The molecular weight excluding hydrogens is 418 g/mol. The minimum Gasteiger partial charge on any atom is -0.493 e. The third-order valence-corrected chi connectivity index (χ3v) is 5.95. The maximum atomic E-state index is 13.3. The number of imide groups is 1. The summed E-state index contributed by atoms with van der Waals surface area (Å²) in [5.41, 5.74) is 0.161. The molecule has 2 saturated heterocycles. The minimum atomic E-state index is -1.10.